The Balaban J connectivity index is 1.44. The van der Waals surface area contributed by atoms with E-state index in [1.54, 1.807) is 0 Å². The lowest BCUT2D eigenvalue weighted by molar-refractivity contribution is 0.0455. The first-order valence-corrected chi connectivity index (χ1v) is 10.8. The number of carbonyl (C=O) groups excluding carboxylic acids is 1. The van der Waals surface area contributed by atoms with E-state index in [2.05, 4.69) is 34.7 Å². The molecule has 0 radical (unpaired) electrons. The Labute approximate surface area is 167 Å². The predicted molar refractivity (Wildman–Crippen MR) is 114 cm³/mol. The predicted octanol–water partition coefficient (Wildman–Crippen LogP) is 4.33. The molecule has 0 spiro atoms. The summed E-state index contributed by atoms with van der Waals surface area (Å²) in [6, 6.07) is 9.18. The highest BCUT2D eigenvalue weighted by Gasteiger charge is 2.29. The van der Waals surface area contributed by atoms with Gasteiger partial charge in [0.15, 0.2) is 0 Å². The lowest BCUT2D eigenvalue weighted by Gasteiger charge is -2.42. The van der Waals surface area contributed by atoms with Crippen LogP contribution < -0.4 is 0 Å². The maximum atomic E-state index is 13.0. The number of fused-ring (bicyclic) bond motifs is 1. The van der Waals surface area contributed by atoms with Crippen molar-refractivity contribution in [1.29, 1.82) is 5.41 Å². The molecule has 1 saturated carbocycles. The average molecular weight is 381 g/mol. The lowest BCUT2D eigenvalue weighted by Crippen LogP contribution is -2.53. The molecule has 5 heteroatoms. The first-order chi connectivity index (χ1) is 13.6. The van der Waals surface area contributed by atoms with Crippen molar-refractivity contribution in [3.05, 3.63) is 36.0 Å². The van der Waals surface area contributed by atoms with Crippen molar-refractivity contribution in [1.82, 2.24) is 14.4 Å². The van der Waals surface area contributed by atoms with E-state index in [0.29, 0.717) is 0 Å². The Kier molecular flexibility index (Phi) is 5.54. The van der Waals surface area contributed by atoms with Crippen molar-refractivity contribution in [2.45, 2.75) is 58.0 Å². The van der Waals surface area contributed by atoms with Crippen LogP contribution in [0.3, 0.4) is 0 Å². The summed E-state index contributed by atoms with van der Waals surface area (Å²) in [7, 11) is 0. The van der Waals surface area contributed by atoms with Crippen molar-refractivity contribution >= 4 is 22.5 Å². The fourth-order valence-electron chi connectivity index (χ4n) is 4.51. The van der Waals surface area contributed by atoms with Gasteiger partial charge in [0, 0.05) is 73.1 Å². The van der Waals surface area contributed by atoms with Gasteiger partial charge in [-0.05, 0) is 50.5 Å². The SMILES string of the molecule is CCC(=N)CC(C)n1ccc2cc(C(=O)N3CCN(C4CCC4)CC3)ccc21. The molecule has 2 aliphatic rings. The number of nitrogens with one attached hydrogen (secondary N) is 1. The monoisotopic (exact) mass is 380 g/mol. The van der Waals surface area contributed by atoms with Gasteiger partial charge in [-0.3, -0.25) is 9.69 Å². The molecule has 1 saturated heterocycles. The molecule has 1 unspecified atom stereocenters. The standard InChI is InChI=1S/C23H32N4O/c1-3-20(24)15-17(2)27-10-9-18-16-19(7-8-22(18)27)23(28)26-13-11-25(12-14-26)21-5-4-6-21/h7-10,16-17,21,24H,3-6,11-15H2,1-2H3. The van der Waals surface area contributed by atoms with Gasteiger partial charge in [0.25, 0.3) is 5.91 Å². The van der Waals surface area contributed by atoms with Crippen LogP contribution in [-0.2, 0) is 0 Å². The van der Waals surface area contributed by atoms with Gasteiger partial charge >= 0.3 is 0 Å². The maximum absolute atomic E-state index is 13.0. The van der Waals surface area contributed by atoms with Gasteiger partial charge in [-0.25, -0.2) is 0 Å². The summed E-state index contributed by atoms with van der Waals surface area (Å²) in [6.45, 7) is 7.89. The van der Waals surface area contributed by atoms with Crippen LogP contribution in [-0.4, -0.2) is 58.2 Å². The first kappa shape index (κ1) is 19.2. The number of carbonyl (C=O) groups is 1. The second kappa shape index (κ2) is 8.08. The Morgan fingerprint density at radius 2 is 1.93 bits per heavy atom. The van der Waals surface area contributed by atoms with Crippen LogP contribution in [0.15, 0.2) is 30.5 Å². The minimum absolute atomic E-state index is 0.156. The van der Waals surface area contributed by atoms with Crippen molar-refractivity contribution in [2.24, 2.45) is 0 Å². The van der Waals surface area contributed by atoms with Crippen molar-refractivity contribution in [3.63, 3.8) is 0 Å². The van der Waals surface area contributed by atoms with E-state index in [9.17, 15) is 4.79 Å². The van der Waals surface area contributed by atoms with E-state index in [4.69, 9.17) is 5.41 Å². The number of piperazine rings is 1. The lowest BCUT2D eigenvalue weighted by atomic mass is 9.91. The van der Waals surface area contributed by atoms with Gasteiger partial charge < -0.3 is 14.9 Å². The van der Waals surface area contributed by atoms with E-state index >= 15 is 0 Å². The van der Waals surface area contributed by atoms with Crippen molar-refractivity contribution < 1.29 is 4.79 Å². The zero-order valence-corrected chi connectivity index (χ0v) is 17.2. The minimum Gasteiger partial charge on any atom is -0.344 e. The molecule has 150 valence electrons. The van der Waals surface area contributed by atoms with Gasteiger partial charge in [-0.15, -0.1) is 0 Å². The van der Waals surface area contributed by atoms with E-state index in [1.165, 1.54) is 19.3 Å². The molecule has 1 aliphatic heterocycles. The third-order valence-corrected chi connectivity index (χ3v) is 6.60. The van der Waals surface area contributed by atoms with Crippen LogP contribution >= 0.6 is 0 Å². The van der Waals surface area contributed by atoms with Crippen LogP contribution in [0.1, 0.15) is 62.4 Å². The van der Waals surface area contributed by atoms with Crippen LogP contribution in [0.2, 0.25) is 0 Å². The number of hydrogen-bond acceptors (Lipinski definition) is 3. The Bertz CT molecular complexity index is 859. The molecule has 2 aromatic rings. The van der Waals surface area contributed by atoms with Gasteiger partial charge in [0.05, 0.1) is 0 Å². The molecule has 5 nitrogen and oxygen atoms in total. The van der Waals surface area contributed by atoms with E-state index in [-0.39, 0.29) is 11.9 Å². The molecule has 1 aromatic heterocycles. The zero-order chi connectivity index (χ0) is 19.7. The third kappa shape index (κ3) is 3.72. The van der Waals surface area contributed by atoms with Gasteiger partial charge in [-0.2, -0.15) is 0 Å². The van der Waals surface area contributed by atoms with Crippen LogP contribution in [0.25, 0.3) is 10.9 Å². The Morgan fingerprint density at radius 3 is 2.57 bits per heavy atom. The van der Waals surface area contributed by atoms with Crippen molar-refractivity contribution in [3.8, 4) is 0 Å². The Morgan fingerprint density at radius 1 is 1.18 bits per heavy atom. The molecular formula is C23H32N4O. The highest BCUT2D eigenvalue weighted by molar-refractivity contribution is 5.98. The fourth-order valence-corrected chi connectivity index (χ4v) is 4.51. The van der Waals surface area contributed by atoms with Crippen LogP contribution in [0.4, 0.5) is 0 Å². The molecular weight excluding hydrogens is 348 g/mol. The normalized spacial score (nSPS) is 19.6. The molecule has 1 aliphatic carbocycles. The molecule has 2 heterocycles. The highest BCUT2D eigenvalue weighted by Crippen LogP contribution is 2.27. The summed E-state index contributed by atoms with van der Waals surface area (Å²) in [5, 5.41) is 9.08. The fraction of sp³-hybridized carbons (Fsp3) is 0.565. The largest absolute Gasteiger partial charge is 0.344 e. The molecule has 1 N–H and O–H groups in total. The number of rotatable bonds is 6. The highest BCUT2D eigenvalue weighted by atomic mass is 16.2. The summed E-state index contributed by atoms with van der Waals surface area (Å²) in [5.74, 6) is 0.156. The molecule has 1 atom stereocenters. The number of nitrogens with zero attached hydrogens (tertiary/aromatic N) is 3. The van der Waals surface area contributed by atoms with Gasteiger partial charge in [0.2, 0.25) is 0 Å². The van der Waals surface area contributed by atoms with E-state index in [1.807, 2.05) is 24.0 Å². The summed E-state index contributed by atoms with van der Waals surface area (Å²) in [4.78, 5) is 17.6. The van der Waals surface area contributed by atoms with Crippen molar-refractivity contribution in [2.75, 3.05) is 26.2 Å². The summed E-state index contributed by atoms with van der Waals surface area (Å²) < 4.78 is 2.23. The topological polar surface area (TPSA) is 52.3 Å². The summed E-state index contributed by atoms with van der Waals surface area (Å²) in [6.07, 6.45) is 7.68. The second-order valence-corrected chi connectivity index (χ2v) is 8.42. The second-order valence-electron chi connectivity index (χ2n) is 8.42. The molecule has 2 fully saturated rings. The maximum Gasteiger partial charge on any atom is 0.253 e. The van der Waals surface area contributed by atoms with Gasteiger partial charge in [0.1, 0.15) is 0 Å². The van der Waals surface area contributed by atoms with E-state index in [0.717, 1.165) is 67.2 Å². The minimum atomic E-state index is 0.156. The van der Waals surface area contributed by atoms with Gasteiger partial charge in [-0.1, -0.05) is 13.3 Å². The molecule has 28 heavy (non-hydrogen) atoms. The molecule has 1 aromatic carbocycles. The number of benzene rings is 1. The zero-order valence-electron chi connectivity index (χ0n) is 17.2. The Hall–Kier alpha value is -2.14. The number of aromatic nitrogens is 1. The van der Waals surface area contributed by atoms with Crippen LogP contribution in [0, 0.1) is 5.41 Å². The quantitative estimate of drug-likeness (QED) is 0.758. The summed E-state index contributed by atoms with van der Waals surface area (Å²) in [5.41, 5.74) is 2.71. The number of hydrogen-bond donors (Lipinski definition) is 1. The smallest absolute Gasteiger partial charge is 0.253 e. The third-order valence-electron chi connectivity index (χ3n) is 6.60. The van der Waals surface area contributed by atoms with E-state index < -0.39 is 0 Å². The van der Waals surface area contributed by atoms with Crippen LogP contribution in [0.5, 0.6) is 0 Å². The first-order valence-electron chi connectivity index (χ1n) is 10.8. The average Bonchev–Trinajstić information content (AvgIpc) is 3.10. The summed E-state index contributed by atoms with van der Waals surface area (Å²) >= 11 is 0. The molecule has 1 amide bonds. The molecule has 0 bridgehead atoms. The molecule has 4 rings (SSSR count). The number of amides is 1.